The molecule has 1 aliphatic rings. The Labute approximate surface area is 146 Å². The van der Waals surface area contributed by atoms with Crippen LogP contribution in [0, 0.1) is 5.92 Å². The van der Waals surface area contributed by atoms with Gasteiger partial charge >= 0.3 is 0 Å². The highest BCUT2D eigenvalue weighted by molar-refractivity contribution is 6.36. The normalized spacial score (nSPS) is 15.7. The fourth-order valence-corrected chi connectivity index (χ4v) is 3.09. The summed E-state index contributed by atoms with van der Waals surface area (Å²) < 4.78 is 5.19. The number of fused-ring (bicyclic) bond motifs is 1. The van der Waals surface area contributed by atoms with Gasteiger partial charge in [-0.05, 0) is 30.2 Å². The van der Waals surface area contributed by atoms with Gasteiger partial charge in [-0.15, -0.1) is 0 Å². The van der Waals surface area contributed by atoms with Gasteiger partial charge in [0.1, 0.15) is 5.75 Å². The second kappa shape index (κ2) is 6.21. The van der Waals surface area contributed by atoms with E-state index < -0.39 is 0 Å². The molecule has 5 heteroatoms. The number of methoxy groups -OCH3 is 1. The van der Waals surface area contributed by atoms with Crippen LogP contribution < -0.4 is 15.4 Å². The van der Waals surface area contributed by atoms with Crippen LogP contribution in [0.15, 0.2) is 48.2 Å². The SMILES string of the molecule is COc1ccc(N2C(=O)C(=C(N)C(C)C)c3ccccc32)cc1Cl. The lowest BCUT2D eigenvalue weighted by molar-refractivity contribution is -0.112. The van der Waals surface area contributed by atoms with Crippen molar-refractivity contribution in [3.05, 3.63) is 58.7 Å². The number of para-hydroxylation sites is 1. The summed E-state index contributed by atoms with van der Waals surface area (Å²) >= 11 is 6.23. The molecular formula is C19H19ClN2O2. The average Bonchev–Trinajstić information content (AvgIpc) is 2.85. The van der Waals surface area contributed by atoms with Crippen LogP contribution in [0.1, 0.15) is 19.4 Å². The van der Waals surface area contributed by atoms with Crippen LogP contribution in [0.3, 0.4) is 0 Å². The fraction of sp³-hybridized carbons (Fsp3) is 0.211. The van der Waals surface area contributed by atoms with Crippen LogP contribution >= 0.6 is 11.6 Å². The van der Waals surface area contributed by atoms with Crippen LogP contribution in [-0.4, -0.2) is 13.0 Å². The molecule has 0 atom stereocenters. The van der Waals surface area contributed by atoms with Gasteiger partial charge in [0.05, 0.1) is 29.1 Å². The first-order valence-electron chi connectivity index (χ1n) is 7.72. The minimum Gasteiger partial charge on any atom is -0.495 e. The summed E-state index contributed by atoms with van der Waals surface area (Å²) in [5.41, 5.74) is 9.72. The van der Waals surface area contributed by atoms with Crippen molar-refractivity contribution in [1.29, 1.82) is 0 Å². The Hall–Kier alpha value is -2.46. The zero-order valence-electron chi connectivity index (χ0n) is 13.8. The second-order valence-electron chi connectivity index (χ2n) is 5.96. The van der Waals surface area contributed by atoms with E-state index >= 15 is 0 Å². The van der Waals surface area contributed by atoms with Crippen molar-refractivity contribution in [1.82, 2.24) is 0 Å². The van der Waals surface area contributed by atoms with Gasteiger partial charge in [-0.1, -0.05) is 43.6 Å². The molecule has 3 rings (SSSR count). The van der Waals surface area contributed by atoms with Crippen molar-refractivity contribution >= 4 is 34.5 Å². The van der Waals surface area contributed by atoms with Crippen LogP contribution in [0.5, 0.6) is 5.75 Å². The number of nitrogens with zero attached hydrogens (tertiary/aromatic N) is 1. The number of anilines is 2. The van der Waals surface area contributed by atoms with E-state index in [2.05, 4.69) is 0 Å². The molecule has 0 unspecified atom stereocenters. The minimum atomic E-state index is -0.136. The summed E-state index contributed by atoms with van der Waals surface area (Å²) in [5, 5.41) is 0.453. The molecule has 124 valence electrons. The van der Waals surface area contributed by atoms with Gasteiger partial charge in [-0.3, -0.25) is 9.69 Å². The molecule has 4 nitrogen and oxygen atoms in total. The molecule has 0 radical (unpaired) electrons. The Balaban J connectivity index is 2.19. The third-order valence-electron chi connectivity index (χ3n) is 4.14. The Bertz CT molecular complexity index is 843. The smallest absolute Gasteiger partial charge is 0.265 e. The van der Waals surface area contributed by atoms with Crippen molar-refractivity contribution in [2.45, 2.75) is 13.8 Å². The highest BCUT2D eigenvalue weighted by atomic mass is 35.5. The van der Waals surface area contributed by atoms with E-state index in [9.17, 15) is 4.79 Å². The lowest BCUT2D eigenvalue weighted by Crippen LogP contribution is -2.22. The number of carbonyl (C=O) groups excluding carboxylic acids is 1. The van der Waals surface area contributed by atoms with E-state index in [1.165, 1.54) is 0 Å². The summed E-state index contributed by atoms with van der Waals surface area (Å²) in [6, 6.07) is 12.9. The molecule has 0 aliphatic carbocycles. The second-order valence-corrected chi connectivity index (χ2v) is 6.37. The first-order valence-corrected chi connectivity index (χ1v) is 8.10. The molecule has 24 heavy (non-hydrogen) atoms. The molecule has 1 amide bonds. The molecule has 0 bridgehead atoms. The quantitative estimate of drug-likeness (QED) is 0.843. The van der Waals surface area contributed by atoms with Gasteiger partial charge < -0.3 is 10.5 Å². The zero-order chi connectivity index (χ0) is 17.4. The highest BCUT2D eigenvalue weighted by Gasteiger charge is 2.35. The number of nitrogens with two attached hydrogens (primary N) is 1. The van der Waals surface area contributed by atoms with E-state index in [0.29, 0.717) is 27.7 Å². The molecule has 0 spiro atoms. The molecular weight excluding hydrogens is 324 g/mol. The molecule has 0 fully saturated rings. The average molecular weight is 343 g/mol. The monoisotopic (exact) mass is 342 g/mol. The first-order chi connectivity index (χ1) is 11.5. The Morgan fingerprint density at radius 3 is 2.54 bits per heavy atom. The Kier molecular flexibility index (Phi) is 4.24. The molecule has 2 aromatic carbocycles. The summed E-state index contributed by atoms with van der Waals surface area (Å²) in [5.74, 6) is 0.512. The van der Waals surface area contributed by atoms with Crippen LogP contribution in [-0.2, 0) is 4.79 Å². The fourth-order valence-electron chi connectivity index (χ4n) is 2.83. The van der Waals surface area contributed by atoms with Crippen molar-refractivity contribution in [3.8, 4) is 5.75 Å². The topological polar surface area (TPSA) is 55.6 Å². The standard InChI is InChI=1S/C19H19ClN2O2/c1-11(2)18(21)17-13-6-4-5-7-15(13)22(19(17)23)12-8-9-16(24-3)14(20)10-12/h4-11H,21H2,1-3H3. The predicted molar refractivity (Wildman–Crippen MR) is 97.5 cm³/mol. The van der Waals surface area contributed by atoms with E-state index in [0.717, 1.165) is 11.3 Å². The van der Waals surface area contributed by atoms with E-state index in [1.807, 2.05) is 44.2 Å². The summed E-state index contributed by atoms with van der Waals surface area (Å²) in [7, 11) is 1.56. The number of allylic oxidation sites excluding steroid dienone is 1. The predicted octanol–water partition coefficient (Wildman–Crippen LogP) is 4.35. The van der Waals surface area contributed by atoms with Gasteiger partial charge in [0.15, 0.2) is 0 Å². The lowest BCUT2D eigenvalue weighted by atomic mass is 9.99. The maximum absolute atomic E-state index is 13.1. The molecule has 2 aromatic rings. The maximum Gasteiger partial charge on any atom is 0.265 e. The third-order valence-corrected chi connectivity index (χ3v) is 4.43. The lowest BCUT2D eigenvalue weighted by Gasteiger charge is -2.18. The maximum atomic E-state index is 13.1. The summed E-state index contributed by atoms with van der Waals surface area (Å²) in [6.07, 6.45) is 0. The Morgan fingerprint density at radius 1 is 1.21 bits per heavy atom. The van der Waals surface area contributed by atoms with Gasteiger partial charge in [-0.2, -0.15) is 0 Å². The van der Waals surface area contributed by atoms with Gasteiger partial charge in [-0.25, -0.2) is 0 Å². The van der Waals surface area contributed by atoms with Crippen molar-refractivity contribution in [2.24, 2.45) is 11.7 Å². The molecule has 0 saturated heterocycles. The number of halogens is 1. The number of hydrogen-bond donors (Lipinski definition) is 1. The van der Waals surface area contributed by atoms with Crippen molar-refractivity contribution in [3.63, 3.8) is 0 Å². The molecule has 0 saturated carbocycles. The molecule has 2 N–H and O–H groups in total. The van der Waals surface area contributed by atoms with Crippen LogP contribution in [0.4, 0.5) is 11.4 Å². The minimum absolute atomic E-state index is 0.0800. The van der Waals surface area contributed by atoms with Gasteiger partial charge in [0.25, 0.3) is 5.91 Å². The largest absolute Gasteiger partial charge is 0.495 e. The van der Waals surface area contributed by atoms with Gasteiger partial charge in [0.2, 0.25) is 0 Å². The molecule has 1 aliphatic heterocycles. The number of rotatable bonds is 3. The third kappa shape index (κ3) is 2.53. The Morgan fingerprint density at radius 2 is 1.92 bits per heavy atom. The summed E-state index contributed by atoms with van der Waals surface area (Å²) in [4.78, 5) is 14.7. The first kappa shape index (κ1) is 16.4. The van der Waals surface area contributed by atoms with Crippen LogP contribution in [0.25, 0.3) is 5.57 Å². The van der Waals surface area contributed by atoms with Crippen molar-refractivity contribution in [2.75, 3.05) is 12.0 Å². The zero-order valence-corrected chi connectivity index (χ0v) is 14.6. The number of carbonyl (C=O) groups is 1. The van der Waals surface area contributed by atoms with Crippen LogP contribution in [0.2, 0.25) is 5.02 Å². The van der Waals surface area contributed by atoms with Crippen molar-refractivity contribution < 1.29 is 9.53 Å². The number of ether oxygens (including phenoxy) is 1. The van der Waals surface area contributed by atoms with Gasteiger partial charge in [0, 0.05) is 11.3 Å². The number of amides is 1. The van der Waals surface area contributed by atoms with E-state index in [1.54, 1.807) is 24.1 Å². The van der Waals surface area contributed by atoms with E-state index in [4.69, 9.17) is 22.1 Å². The number of hydrogen-bond acceptors (Lipinski definition) is 3. The molecule has 1 heterocycles. The summed E-state index contributed by atoms with van der Waals surface area (Å²) in [6.45, 7) is 3.95. The molecule has 0 aromatic heterocycles. The number of benzene rings is 2. The van der Waals surface area contributed by atoms with E-state index in [-0.39, 0.29) is 11.8 Å². The highest BCUT2D eigenvalue weighted by Crippen LogP contribution is 2.44.